The zero-order valence-electron chi connectivity index (χ0n) is 14.4. The second-order valence-corrected chi connectivity index (χ2v) is 8.03. The second kappa shape index (κ2) is 7.59. The molecule has 0 amide bonds. The third kappa shape index (κ3) is 4.65. The van der Waals surface area contributed by atoms with Gasteiger partial charge in [0.1, 0.15) is 0 Å². The van der Waals surface area contributed by atoms with E-state index in [0.29, 0.717) is 5.95 Å². The van der Waals surface area contributed by atoms with Crippen molar-refractivity contribution >= 4 is 21.7 Å². The van der Waals surface area contributed by atoms with Crippen molar-refractivity contribution in [3.05, 3.63) is 36.5 Å². The number of anilines is 2. The van der Waals surface area contributed by atoms with Crippen molar-refractivity contribution in [1.82, 2.24) is 14.3 Å². The Hall–Kier alpha value is -2.19. The molecule has 0 saturated heterocycles. The Balaban J connectivity index is 2.06. The van der Waals surface area contributed by atoms with E-state index in [2.05, 4.69) is 15.3 Å². The van der Waals surface area contributed by atoms with Crippen molar-refractivity contribution in [2.75, 3.05) is 50.7 Å². The SMILES string of the molecule is CN(C)c1ccc(-c2ccnc(NCCS(=O)(=O)N(C)C)n2)cc1. The molecule has 24 heavy (non-hydrogen) atoms. The van der Waals surface area contributed by atoms with Gasteiger partial charge in [0.15, 0.2) is 0 Å². The van der Waals surface area contributed by atoms with Gasteiger partial charge in [-0.15, -0.1) is 0 Å². The van der Waals surface area contributed by atoms with Gasteiger partial charge >= 0.3 is 0 Å². The van der Waals surface area contributed by atoms with Crippen LogP contribution in [0.1, 0.15) is 0 Å². The van der Waals surface area contributed by atoms with E-state index in [-0.39, 0.29) is 12.3 Å². The van der Waals surface area contributed by atoms with E-state index in [0.717, 1.165) is 16.9 Å². The Bertz CT molecular complexity index is 773. The fourth-order valence-corrected chi connectivity index (χ4v) is 2.73. The van der Waals surface area contributed by atoms with Crippen molar-refractivity contribution in [3.63, 3.8) is 0 Å². The molecule has 1 heterocycles. The minimum absolute atomic E-state index is 0.00881. The van der Waals surface area contributed by atoms with E-state index in [1.807, 2.05) is 49.3 Å². The smallest absolute Gasteiger partial charge is 0.223 e. The molecule has 1 aromatic carbocycles. The lowest BCUT2D eigenvalue weighted by atomic mass is 10.1. The highest BCUT2D eigenvalue weighted by Gasteiger charge is 2.13. The third-order valence-corrected chi connectivity index (χ3v) is 5.37. The molecule has 1 aromatic heterocycles. The number of nitrogens with one attached hydrogen (secondary N) is 1. The van der Waals surface area contributed by atoms with E-state index in [1.54, 1.807) is 6.20 Å². The number of nitrogens with zero attached hydrogens (tertiary/aromatic N) is 4. The number of rotatable bonds is 7. The average molecular weight is 349 g/mol. The van der Waals surface area contributed by atoms with Gasteiger partial charge in [-0.3, -0.25) is 0 Å². The molecule has 0 saturated carbocycles. The molecule has 0 aliphatic carbocycles. The second-order valence-electron chi connectivity index (χ2n) is 5.73. The van der Waals surface area contributed by atoms with Crippen LogP contribution in [-0.4, -0.2) is 63.2 Å². The van der Waals surface area contributed by atoms with E-state index < -0.39 is 10.0 Å². The molecule has 0 unspecified atom stereocenters. The van der Waals surface area contributed by atoms with Gasteiger partial charge in [-0.05, 0) is 18.2 Å². The first-order chi connectivity index (χ1) is 11.3. The van der Waals surface area contributed by atoms with Gasteiger partial charge in [-0.25, -0.2) is 22.7 Å². The average Bonchev–Trinajstić information content (AvgIpc) is 2.55. The topological polar surface area (TPSA) is 78.4 Å². The van der Waals surface area contributed by atoms with E-state index in [4.69, 9.17) is 0 Å². The van der Waals surface area contributed by atoms with Crippen molar-refractivity contribution < 1.29 is 8.42 Å². The van der Waals surface area contributed by atoms with Crippen LogP contribution in [0, 0.1) is 0 Å². The van der Waals surface area contributed by atoms with Gasteiger partial charge in [0, 0.05) is 52.2 Å². The van der Waals surface area contributed by atoms with Crippen LogP contribution in [0.2, 0.25) is 0 Å². The molecule has 1 N–H and O–H groups in total. The summed E-state index contributed by atoms with van der Waals surface area (Å²) in [6, 6.07) is 9.87. The van der Waals surface area contributed by atoms with Gasteiger partial charge in [0.05, 0.1) is 11.4 Å². The lowest BCUT2D eigenvalue weighted by Gasteiger charge is -2.13. The molecule has 0 fully saturated rings. The number of aromatic nitrogens is 2. The molecule has 0 aliphatic heterocycles. The maximum Gasteiger partial charge on any atom is 0.223 e. The number of hydrogen-bond donors (Lipinski definition) is 1. The predicted octanol–water partition coefficient (Wildman–Crippen LogP) is 1.51. The minimum atomic E-state index is -3.23. The Morgan fingerprint density at radius 2 is 1.71 bits per heavy atom. The molecular formula is C16H23N5O2S. The lowest BCUT2D eigenvalue weighted by Crippen LogP contribution is -2.28. The molecule has 2 aromatic rings. The number of hydrogen-bond acceptors (Lipinski definition) is 6. The van der Waals surface area contributed by atoms with E-state index in [1.165, 1.54) is 18.4 Å². The Kier molecular flexibility index (Phi) is 5.74. The number of sulfonamides is 1. The maximum atomic E-state index is 11.7. The van der Waals surface area contributed by atoms with Crippen molar-refractivity contribution in [3.8, 4) is 11.3 Å². The summed E-state index contributed by atoms with van der Waals surface area (Å²) in [5.74, 6) is 0.406. The molecule has 8 heteroatoms. The van der Waals surface area contributed by atoms with Crippen LogP contribution in [-0.2, 0) is 10.0 Å². The van der Waals surface area contributed by atoms with Crippen LogP contribution < -0.4 is 10.2 Å². The first-order valence-corrected chi connectivity index (χ1v) is 9.15. The largest absolute Gasteiger partial charge is 0.378 e. The van der Waals surface area contributed by atoms with Gasteiger partial charge in [0.2, 0.25) is 16.0 Å². The van der Waals surface area contributed by atoms with Crippen LogP contribution in [0.3, 0.4) is 0 Å². The Morgan fingerprint density at radius 1 is 1.04 bits per heavy atom. The molecule has 0 bridgehead atoms. The van der Waals surface area contributed by atoms with Crippen LogP contribution in [0.5, 0.6) is 0 Å². The van der Waals surface area contributed by atoms with Crippen LogP contribution in [0.15, 0.2) is 36.5 Å². The normalized spacial score (nSPS) is 11.5. The monoisotopic (exact) mass is 349 g/mol. The summed E-state index contributed by atoms with van der Waals surface area (Å²) in [5, 5.41) is 2.96. The summed E-state index contributed by atoms with van der Waals surface area (Å²) in [6.45, 7) is 0.254. The maximum absolute atomic E-state index is 11.7. The molecule has 0 spiro atoms. The highest BCUT2D eigenvalue weighted by atomic mass is 32.2. The van der Waals surface area contributed by atoms with Crippen LogP contribution in [0.4, 0.5) is 11.6 Å². The molecular weight excluding hydrogens is 326 g/mol. The Morgan fingerprint density at radius 3 is 2.29 bits per heavy atom. The highest BCUT2D eigenvalue weighted by molar-refractivity contribution is 7.89. The molecule has 0 atom stereocenters. The fraction of sp³-hybridized carbons (Fsp3) is 0.375. The lowest BCUT2D eigenvalue weighted by molar-refractivity contribution is 0.521. The summed E-state index contributed by atoms with van der Waals surface area (Å²) in [5.41, 5.74) is 2.88. The van der Waals surface area contributed by atoms with E-state index >= 15 is 0 Å². The zero-order chi connectivity index (χ0) is 17.7. The summed E-state index contributed by atoms with van der Waals surface area (Å²) in [4.78, 5) is 10.6. The molecule has 0 radical (unpaired) electrons. The third-order valence-electron chi connectivity index (χ3n) is 3.53. The standard InChI is InChI=1S/C16H23N5O2S/c1-20(2)14-7-5-13(6-8-14)15-9-10-17-16(19-15)18-11-12-24(22,23)21(3)4/h5-10H,11-12H2,1-4H3,(H,17,18,19). The molecule has 130 valence electrons. The first-order valence-electron chi connectivity index (χ1n) is 7.54. The van der Waals surface area contributed by atoms with Crippen LogP contribution >= 0.6 is 0 Å². The fourth-order valence-electron chi connectivity index (χ4n) is 2.01. The first kappa shape index (κ1) is 18.2. The number of benzene rings is 1. The highest BCUT2D eigenvalue weighted by Crippen LogP contribution is 2.21. The molecule has 7 nitrogen and oxygen atoms in total. The van der Waals surface area contributed by atoms with Crippen molar-refractivity contribution in [2.24, 2.45) is 0 Å². The molecule has 2 rings (SSSR count). The Labute approximate surface area is 143 Å². The van der Waals surface area contributed by atoms with Gasteiger partial charge in [0.25, 0.3) is 0 Å². The summed E-state index contributed by atoms with van der Waals surface area (Å²) in [6.07, 6.45) is 1.66. The van der Waals surface area contributed by atoms with E-state index in [9.17, 15) is 8.42 Å². The zero-order valence-corrected chi connectivity index (χ0v) is 15.2. The summed E-state index contributed by atoms with van der Waals surface area (Å²) < 4.78 is 24.7. The minimum Gasteiger partial charge on any atom is -0.378 e. The molecule has 0 aliphatic rings. The van der Waals surface area contributed by atoms with Gasteiger partial charge in [-0.2, -0.15) is 0 Å². The predicted molar refractivity (Wildman–Crippen MR) is 97.8 cm³/mol. The van der Waals surface area contributed by atoms with Crippen molar-refractivity contribution in [1.29, 1.82) is 0 Å². The van der Waals surface area contributed by atoms with Gasteiger partial charge < -0.3 is 10.2 Å². The van der Waals surface area contributed by atoms with Crippen molar-refractivity contribution in [2.45, 2.75) is 0 Å². The summed E-state index contributed by atoms with van der Waals surface area (Å²) >= 11 is 0. The quantitative estimate of drug-likeness (QED) is 0.816. The summed E-state index contributed by atoms with van der Waals surface area (Å²) in [7, 11) is 3.78. The van der Waals surface area contributed by atoms with Crippen LogP contribution in [0.25, 0.3) is 11.3 Å². The van der Waals surface area contributed by atoms with Gasteiger partial charge in [-0.1, -0.05) is 12.1 Å².